The first kappa shape index (κ1) is 18.5. The van der Waals surface area contributed by atoms with E-state index in [1.54, 1.807) is 11.4 Å². The SMILES string of the molecule is Cc1nc(CC(=O)OCC(=O)N2CCc3cc(S(N)(=O)=O)ccc32)cs1. The lowest BCUT2D eigenvalue weighted by Crippen LogP contribution is -2.33. The number of esters is 1. The maximum atomic E-state index is 12.3. The lowest BCUT2D eigenvalue weighted by molar-refractivity contribution is -0.147. The highest BCUT2D eigenvalue weighted by molar-refractivity contribution is 7.89. The van der Waals surface area contributed by atoms with Gasteiger partial charge in [0.25, 0.3) is 5.91 Å². The van der Waals surface area contributed by atoms with Crippen LogP contribution < -0.4 is 10.0 Å². The van der Waals surface area contributed by atoms with Crippen molar-refractivity contribution >= 4 is 38.9 Å². The number of hydrogen-bond acceptors (Lipinski definition) is 7. The Morgan fingerprint density at radius 3 is 2.81 bits per heavy atom. The minimum absolute atomic E-state index is 0.00975. The third kappa shape index (κ3) is 4.09. The Morgan fingerprint density at radius 1 is 1.38 bits per heavy atom. The van der Waals surface area contributed by atoms with Gasteiger partial charge in [0, 0.05) is 17.6 Å². The number of amides is 1. The maximum Gasteiger partial charge on any atom is 0.312 e. The van der Waals surface area contributed by atoms with Crippen molar-refractivity contribution in [3.05, 3.63) is 39.8 Å². The second kappa shape index (κ2) is 7.14. The van der Waals surface area contributed by atoms with Crippen molar-refractivity contribution in [3.63, 3.8) is 0 Å². The molecule has 1 aromatic carbocycles. The minimum atomic E-state index is -3.79. The fourth-order valence-corrected chi connectivity index (χ4v) is 3.90. The summed E-state index contributed by atoms with van der Waals surface area (Å²) in [7, 11) is -3.79. The number of ether oxygens (including phenoxy) is 1. The number of nitrogens with two attached hydrogens (primary N) is 1. The number of benzene rings is 1. The first-order valence-electron chi connectivity index (χ1n) is 7.77. The fraction of sp³-hybridized carbons (Fsp3) is 0.312. The van der Waals surface area contributed by atoms with Gasteiger partial charge in [0.2, 0.25) is 10.0 Å². The smallest absolute Gasteiger partial charge is 0.312 e. The predicted molar refractivity (Wildman–Crippen MR) is 95.4 cm³/mol. The van der Waals surface area contributed by atoms with E-state index in [2.05, 4.69) is 4.98 Å². The zero-order valence-electron chi connectivity index (χ0n) is 14.0. The van der Waals surface area contributed by atoms with Crippen LogP contribution >= 0.6 is 11.3 Å². The number of sulfonamides is 1. The van der Waals surface area contributed by atoms with E-state index in [1.165, 1.54) is 28.4 Å². The van der Waals surface area contributed by atoms with E-state index in [9.17, 15) is 18.0 Å². The van der Waals surface area contributed by atoms with Gasteiger partial charge in [-0.25, -0.2) is 18.5 Å². The molecule has 0 atom stereocenters. The van der Waals surface area contributed by atoms with Crippen LogP contribution in [-0.4, -0.2) is 38.4 Å². The number of aryl methyl sites for hydroxylation is 1. The van der Waals surface area contributed by atoms with Gasteiger partial charge < -0.3 is 9.64 Å². The van der Waals surface area contributed by atoms with Crippen LogP contribution in [0.25, 0.3) is 0 Å². The summed E-state index contributed by atoms with van der Waals surface area (Å²) in [5, 5.41) is 7.75. The van der Waals surface area contributed by atoms with Crippen molar-refractivity contribution in [2.45, 2.75) is 24.7 Å². The summed E-state index contributed by atoms with van der Waals surface area (Å²) in [5.74, 6) is -0.887. The molecule has 1 aliphatic heterocycles. The molecular weight excluding hydrogens is 378 g/mol. The second-order valence-electron chi connectivity index (χ2n) is 5.83. The molecule has 0 aliphatic carbocycles. The quantitative estimate of drug-likeness (QED) is 0.747. The molecule has 1 aromatic heterocycles. The number of rotatable bonds is 5. The number of primary sulfonamides is 1. The number of fused-ring (bicyclic) bond motifs is 1. The molecule has 0 fully saturated rings. The molecule has 138 valence electrons. The number of aromatic nitrogens is 1. The zero-order chi connectivity index (χ0) is 18.9. The molecule has 8 nitrogen and oxygen atoms in total. The molecular formula is C16H17N3O5S2. The highest BCUT2D eigenvalue weighted by Gasteiger charge is 2.26. The Balaban J connectivity index is 1.61. The first-order chi connectivity index (χ1) is 12.2. The molecule has 0 spiro atoms. The highest BCUT2D eigenvalue weighted by Crippen LogP contribution is 2.30. The van der Waals surface area contributed by atoms with E-state index in [0.717, 1.165) is 5.01 Å². The van der Waals surface area contributed by atoms with Crippen LogP contribution in [0, 0.1) is 6.92 Å². The monoisotopic (exact) mass is 395 g/mol. The highest BCUT2D eigenvalue weighted by atomic mass is 32.2. The largest absolute Gasteiger partial charge is 0.455 e. The molecule has 26 heavy (non-hydrogen) atoms. The van der Waals surface area contributed by atoms with Gasteiger partial charge in [-0.15, -0.1) is 11.3 Å². The molecule has 0 saturated heterocycles. The third-order valence-corrected chi connectivity index (χ3v) is 5.66. The molecule has 0 saturated carbocycles. The lowest BCUT2D eigenvalue weighted by atomic mass is 10.2. The first-order valence-corrected chi connectivity index (χ1v) is 10.2. The van der Waals surface area contributed by atoms with Crippen molar-refractivity contribution in [3.8, 4) is 0 Å². The van der Waals surface area contributed by atoms with E-state index >= 15 is 0 Å². The van der Waals surface area contributed by atoms with Gasteiger partial charge in [-0.3, -0.25) is 9.59 Å². The zero-order valence-corrected chi connectivity index (χ0v) is 15.6. The summed E-state index contributed by atoms with van der Waals surface area (Å²) in [6.45, 7) is 1.86. The maximum absolute atomic E-state index is 12.3. The van der Waals surface area contributed by atoms with Crippen LogP contribution in [0.3, 0.4) is 0 Å². The number of nitrogens with zero attached hydrogens (tertiary/aromatic N) is 2. The Labute approximate surface area is 154 Å². The summed E-state index contributed by atoms with van der Waals surface area (Å²) >= 11 is 1.44. The summed E-state index contributed by atoms with van der Waals surface area (Å²) in [4.78, 5) is 29.8. The number of anilines is 1. The molecule has 0 unspecified atom stereocenters. The number of carbonyl (C=O) groups is 2. The van der Waals surface area contributed by atoms with Crippen molar-refractivity contribution in [2.24, 2.45) is 5.14 Å². The van der Waals surface area contributed by atoms with Gasteiger partial charge in [-0.2, -0.15) is 0 Å². The molecule has 2 N–H and O–H groups in total. The van der Waals surface area contributed by atoms with E-state index < -0.39 is 16.0 Å². The van der Waals surface area contributed by atoms with E-state index in [4.69, 9.17) is 9.88 Å². The van der Waals surface area contributed by atoms with Crippen LogP contribution in [0.1, 0.15) is 16.3 Å². The van der Waals surface area contributed by atoms with E-state index in [1.807, 2.05) is 6.92 Å². The summed E-state index contributed by atoms with van der Waals surface area (Å²) in [5.41, 5.74) is 1.94. The Kier molecular flexibility index (Phi) is 5.08. The molecule has 2 aromatic rings. The third-order valence-electron chi connectivity index (χ3n) is 3.92. The van der Waals surface area contributed by atoms with Gasteiger partial charge in [0.1, 0.15) is 0 Å². The number of hydrogen-bond donors (Lipinski definition) is 1. The Morgan fingerprint density at radius 2 is 2.15 bits per heavy atom. The molecule has 0 radical (unpaired) electrons. The van der Waals surface area contributed by atoms with E-state index in [0.29, 0.717) is 29.9 Å². The minimum Gasteiger partial charge on any atom is -0.455 e. The van der Waals surface area contributed by atoms with Crippen molar-refractivity contribution < 1.29 is 22.7 Å². The standard InChI is InChI=1S/C16H17N3O5S2/c1-10-18-12(9-25-10)7-16(21)24-8-15(20)19-5-4-11-6-13(26(17,22)23)2-3-14(11)19/h2-3,6,9H,4-5,7-8H2,1H3,(H2,17,22,23). The normalized spacial score (nSPS) is 13.5. The molecule has 1 aliphatic rings. The summed E-state index contributed by atoms with van der Waals surface area (Å²) < 4.78 is 27.9. The Bertz CT molecular complexity index is 968. The average Bonchev–Trinajstić information content (AvgIpc) is 3.17. The van der Waals surface area contributed by atoms with Crippen molar-refractivity contribution in [1.29, 1.82) is 0 Å². The van der Waals surface area contributed by atoms with Gasteiger partial charge in [0.15, 0.2) is 6.61 Å². The lowest BCUT2D eigenvalue weighted by Gasteiger charge is -2.17. The number of carbonyl (C=O) groups excluding carboxylic acids is 2. The van der Waals surface area contributed by atoms with Crippen LogP contribution in [0.5, 0.6) is 0 Å². The second-order valence-corrected chi connectivity index (χ2v) is 8.45. The van der Waals surface area contributed by atoms with Crippen molar-refractivity contribution in [2.75, 3.05) is 18.1 Å². The van der Waals surface area contributed by atoms with Crippen molar-refractivity contribution in [1.82, 2.24) is 4.98 Å². The summed E-state index contributed by atoms with van der Waals surface area (Å²) in [6, 6.07) is 4.37. The molecule has 2 heterocycles. The molecule has 1 amide bonds. The summed E-state index contributed by atoms with van der Waals surface area (Å²) in [6.07, 6.45) is 0.530. The molecule has 3 rings (SSSR count). The van der Waals surface area contributed by atoms with Crippen LogP contribution in [-0.2, 0) is 37.2 Å². The van der Waals surface area contributed by atoms with Crippen LogP contribution in [0.15, 0.2) is 28.5 Å². The van der Waals surface area contributed by atoms with Gasteiger partial charge in [-0.1, -0.05) is 0 Å². The van der Waals surface area contributed by atoms with Gasteiger partial charge in [-0.05, 0) is 37.1 Å². The molecule has 10 heteroatoms. The average molecular weight is 395 g/mol. The topological polar surface area (TPSA) is 120 Å². The van der Waals surface area contributed by atoms with Crippen LogP contribution in [0.2, 0.25) is 0 Å². The number of thiazole rings is 1. The predicted octanol–water partition coefficient (Wildman–Crippen LogP) is 0.774. The fourth-order valence-electron chi connectivity index (χ4n) is 2.72. The van der Waals surface area contributed by atoms with Gasteiger partial charge in [0.05, 0.1) is 22.0 Å². The van der Waals surface area contributed by atoms with Gasteiger partial charge >= 0.3 is 5.97 Å². The Hall–Kier alpha value is -2.30. The van der Waals surface area contributed by atoms with E-state index in [-0.39, 0.29) is 23.8 Å². The molecule has 0 bridgehead atoms. The van der Waals surface area contributed by atoms with Crippen LogP contribution in [0.4, 0.5) is 5.69 Å².